The Hall–Kier alpha value is -1.11. The number of ether oxygens (including phenoxy) is 1. The van der Waals surface area contributed by atoms with Crippen molar-refractivity contribution in [1.29, 1.82) is 0 Å². The first-order chi connectivity index (χ1) is 14.8. The second-order valence-electron chi connectivity index (χ2n) is 5.98. The number of aromatic nitrogens is 2. The standard InChI is InChI=1S/C10H17N2O17P3/c1-5-3-12(10(15)11-9(5)14)8-2-6(13)7(24-8)4-23-31(21,26-17)29-32(22,27-18)28-30(19,20)25-16/h3,6-8,13,16-18H,2,4H2,1H3,(H,19,20)(H,11,14,15)/t6?,7-,8-,31?,32?/m1/s1. The molecule has 2 rings (SSSR count). The fraction of sp³-hybridized carbons (Fsp3) is 0.600. The van der Waals surface area contributed by atoms with Crippen LogP contribution in [0.15, 0.2) is 15.8 Å². The Morgan fingerprint density at radius 2 is 1.75 bits per heavy atom. The number of aryl methyl sites for hydroxylation is 1. The Morgan fingerprint density at radius 3 is 2.31 bits per heavy atom. The van der Waals surface area contributed by atoms with Crippen LogP contribution in [0.1, 0.15) is 18.2 Å². The number of rotatable bonds is 11. The third kappa shape index (κ3) is 6.71. The monoisotopic (exact) mass is 530 g/mol. The summed E-state index contributed by atoms with van der Waals surface area (Å²) in [6.45, 7) is 0.467. The quantitative estimate of drug-likeness (QED) is 0.128. The maximum Gasteiger partial charge on any atom is 0.519 e. The Labute approximate surface area is 176 Å². The first-order valence-corrected chi connectivity index (χ1v) is 12.4. The highest BCUT2D eigenvalue weighted by molar-refractivity contribution is 7.67. The summed E-state index contributed by atoms with van der Waals surface area (Å²) in [7, 11) is -16.7. The Bertz CT molecular complexity index is 1070. The highest BCUT2D eigenvalue weighted by Crippen LogP contribution is 2.71. The summed E-state index contributed by atoms with van der Waals surface area (Å²) in [6, 6.07) is 0. The number of nitrogens with one attached hydrogen (secondary N) is 1. The van der Waals surface area contributed by atoms with Gasteiger partial charge in [-0.05, 0) is 6.92 Å². The largest absolute Gasteiger partial charge is 0.519 e. The summed E-state index contributed by atoms with van der Waals surface area (Å²) in [6.07, 6.45) is -2.91. The van der Waals surface area contributed by atoms with E-state index in [4.69, 9.17) is 25.4 Å². The molecule has 1 aliphatic heterocycles. The molecule has 19 nitrogen and oxygen atoms in total. The number of hydrogen-bond donors (Lipinski definition) is 6. The van der Waals surface area contributed by atoms with E-state index in [1.807, 2.05) is 4.98 Å². The molecule has 6 atom stereocenters. The zero-order valence-electron chi connectivity index (χ0n) is 15.6. The molecule has 0 bridgehead atoms. The van der Waals surface area contributed by atoms with E-state index in [1.54, 1.807) is 0 Å². The summed E-state index contributed by atoms with van der Waals surface area (Å²) in [5, 5.41) is 35.5. The van der Waals surface area contributed by atoms with Crippen molar-refractivity contribution >= 4 is 23.5 Å². The first kappa shape index (κ1) is 27.1. The molecule has 0 aromatic carbocycles. The van der Waals surface area contributed by atoms with Crippen LogP contribution in [0.3, 0.4) is 0 Å². The molecule has 1 saturated heterocycles. The normalized spacial score (nSPS) is 26.9. The van der Waals surface area contributed by atoms with Gasteiger partial charge >= 0.3 is 29.2 Å². The maximum atomic E-state index is 12.2. The molecule has 0 spiro atoms. The average molecular weight is 530 g/mol. The van der Waals surface area contributed by atoms with Gasteiger partial charge in [0.15, 0.2) is 0 Å². The lowest BCUT2D eigenvalue weighted by molar-refractivity contribution is -0.182. The number of nitrogens with zero attached hydrogens (tertiary/aromatic N) is 1. The van der Waals surface area contributed by atoms with Gasteiger partial charge < -0.3 is 14.7 Å². The average Bonchev–Trinajstić information content (AvgIpc) is 3.09. The predicted molar refractivity (Wildman–Crippen MR) is 94.9 cm³/mol. The van der Waals surface area contributed by atoms with Crippen LogP contribution >= 0.6 is 23.5 Å². The van der Waals surface area contributed by atoms with E-state index in [0.717, 1.165) is 10.8 Å². The third-order valence-corrected chi connectivity index (χ3v) is 8.06. The minimum atomic E-state index is -5.73. The summed E-state index contributed by atoms with van der Waals surface area (Å²) < 4.78 is 63.2. The second kappa shape index (κ2) is 10.4. The van der Waals surface area contributed by atoms with E-state index in [2.05, 4.69) is 27.2 Å². The van der Waals surface area contributed by atoms with Gasteiger partial charge in [-0.15, -0.1) is 14.0 Å². The molecule has 0 saturated carbocycles. The summed E-state index contributed by atoms with van der Waals surface area (Å²) in [4.78, 5) is 34.3. The summed E-state index contributed by atoms with van der Waals surface area (Å²) in [5.41, 5.74) is -1.34. The van der Waals surface area contributed by atoms with Crippen molar-refractivity contribution in [3.8, 4) is 0 Å². The number of aromatic amines is 1. The molecular weight excluding hydrogens is 513 g/mol. The van der Waals surface area contributed by atoms with E-state index in [-0.39, 0.29) is 12.0 Å². The highest BCUT2D eigenvalue weighted by Gasteiger charge is 2.48. The van der Waals surface area contributed by atoms with E-state index >= 15 is 0 Å². The number of H-pyrrole nitrogens is 1. The summed E-state index contributed by atoms with van der Waals surface area (Å²) >= 11 is 0. The van der Waals surface area contributed by atoms with E-state index in [9.17, 15) is 28.4 Å². The predicted octanol–water partition coefficient (Wildman–Crippen LogP) is 0.329. The van der Waals surface area contributed by atoms with E-state index < -0.39 is 59.8 Å². The minimum absolute atomic E-state index is 0.154. The van der Waals surface area contributed by atoms with Gasteiger partial charge in [0.25, 0.3) is 5.56 Å². The number of aliphatic hydroxyl groups excluding tert-OH is 1. The molecule has 0 radical (unpaired) electrons. The minimum Gasteiger partial charge on any atom is -0.390 e. The van der Waals surface area contributed by atoms with Gasteiger partial charge in [-0.1, -0.05) is 0 Å². The van der Waals surface area contributed by atoms with Crippen LogP contribution in [0.5, 0.6) is 0 Å². The topological polar surface area (TPSA) is 272 Å². The second-order valence-corrected chi connectivity index (χ2v) is 10.8. The fourth-order valence-electron chi connectivity index (χ4n) is 2.37. The lowest BCUT2D eigenvalue weighted by Crippen LogP contribution is -2.33. The molecule has 6 N–H and O–H groups in total. The fourth-order valence-corrected chi connectivity index (χ4v) is 5.79. The molecule has 32 heavy (non-hydrogen) atoms. The van der Waals surface area contributed by atoms with Crippen molar-refractivity contribution in [3.05, 3.63) is 32.6 Å². The lowest BCUT2D eigenvalue weighted by atomic mass is 10.2. The van der Waals surface area contributed by atoms with Crippen LogP contribution in [-0.4, -0.2) is 54.1 Å². The first-order valence-electron chi connectivity index (χ1n) is 8.02. The molecule has 1 fully saturated rings. The molecule has 4 unspecified atom stereocenters. The van der Waals surface area contributed by atoms with Crippen LogP contribution in [0.4, 0.5) is 0 Å². The van der Waals surface area contributed by atoms with E-state index in [1.165, 1.54) is 6.92 Å². The molecule has 0 aliphatic carbocycles. The van der Waals surface area contributed by atoms with Crippen molar-refractivity contribution in [3.63, 3.8) is 0 Å². The van der Waals surface area contributed by atoms with Crippen LogP contribution in [0.25, 0.3) is 0 Å². The molecule has 0 amide bonds. The molecule has 184 valence electrons. The van der Waals surface area contributed by atoms with Gasteiger partial charge in [0.05, 0.1) is 12.7 Å². The van der Waals surface area contributed by atoms with Gasteiger partial charge in [-0.3, -0.25) is 18.9 Å². The van der Waals surface area contributed by atoms with Crippen LogP contribution in [-0.2, 0) is 45.6 Å². The van der Waals surface area contributed by atoms with Gasteiger partial charge in [-0.25, -0.2) is 34.3 Å². The van der Waals surface area contributed by atoms with Crippen molar-refractivity contribution in [2.75, 3.05) is 6.61 Å². The molecular formula is C10H17N2O17P3. The van der Waals surface area contributed by atoms with Gasteiger partial charge in [0.2, 0.25) is 0 Å². The molecule has 1 aromatic rings. The van der Waals surface area contributed by atoms with Gasteiger partial charge in [-0.2, -0.15) is 8.62 Å². The van der Waals surface area contributed by atoms with Crippen molar-refractivity contribution < 1.29 is 71.4 Å². The highest BCUT2D eigenvalue weighted by atomic mass is 31.3. The Kier molecular flexibility index (Phi) is 8.85. The smallest absolute Gasteiger partial charge is 0.390 e. The zero-order valence-corrected chi connectivity index (χ0v) is 18.3. The van der Waals surface area contributed by atoms with Crippen LogP contribution in [0.2, 0.25) is 0 Å². The molecule has 1 aromatic heterocycles. The van der Waals surface area contributed by atoms with Gasteiger partial charge in [0.1, 0.15) is 12.3 Å². The number of aliphatic hydroxyl groups is 1. The number of phosphoric acid groups is 3. The zero-order chi connectivity index (χ0) is 24.3. The molecule has 22 heteroatoms. The summed E-state index contributed by atoms with van der Waals surface area (Å²) in [5.74, 6) is 0. The SMILES string of the molecule is Cc1cn([C@H]2CC(O)[C@@H](COP(=O)(OO)OP(=O)(OO)OP(=O)(O)OO)O2)c(=O)[nH]c1=O. The lowest BCUT2D eigenvalue weighted by Gasteiger charge is -2.21. The Morgan fingerprint density at radius 1 is 1.12 bits per heavy atom. The third-order valence-electron chi connectivity index (χ3n) is 3.76. The van der Waals surface area contributed by atoms with Crippen LogP contribution < -0.4 is 11.2 Å². The number of hydrogen-bond acceptors (Lipinski definition) is 16. The molecule has 1 aliphatic rings. The van der Waals surface area contributed by atoms with Gasteiger partial charge in [0, 0.05) is 18.2 Å². The van der Waals surface area contributed by atoms with Crippen molar-refractivity contribution in [2.24, 2.45) is 0 Å². The van der Waals surface area contributed by atoms with Crippen LogP contribution in [0, 0.1) is 6.92 Å². The van der Waals surface area contributed by atoms with Crippen molar-refractivity contribution in [1.82, 2.24) is 9.55 Å². The maximum absolute atomic E-state index is 12.2. The van der Waals surface area contributed by atoms with E-state index in [0.29, 0.717) is 0 Å². The van der Waals surface area contributed by atoms with Crippen molar-refractivity contribution in [2.45, 2.75) is 31.8 Å². The Balaban J connectivity index is 2.10. The molecule has 2 heterocycles.